The molecule has 1 aromatic rings. The fourth-order valence-corrected chi connectivity index (χ4v) is 3.22. The number of hydrogen-bond donors (Lipinski definition) is 2. The van der Waals surface area contributed by atoms with E-state index in [-0.39, 0.29) is 6.04 Å². The smallest absolute Gasteiger partial charge is 0.276 e. The molecule has 7 heteroatoms. The molecular weight excluding hydrogens is 310 g/mol. The summed E-state index contributed by atoms with van der Waals surface area (Å²) in [6.45, 7) is 8.24. The van der Waals surface area contributed by atoms with Crippen LogP contribution in [0.2, 0.25) is 5.02 Å². The van der Waals surface area contributed by atoms with Gasteiger partial charge in [0, 0.05) is 24.2 Å². The van der Waals surface area contributed by atoms with Gasteiger partial charge in [0.1, 0.15) is 0 Å². The van der Waals surface area contributed by atoms with E-state index in [1.807, 2.05) is 24.3 Å². The van der Waals surface area contributed by atoms with Crippen LogP contribution in [0.15, 0.2) is 24.3 Å². The normalized spacial score (nSPS) is 13.6. The maximum absolute atomic E-state index is 11.8. The van der Waals surface area contributed by atoms with Crippen LogP contribution in [0.25, 0.3) is 0 Å². The summed E-state index contributed by atoms with van der Waals surface area (Å²) in [6.07, 6.45) is 0. The predicted octanol–water partition coefficient (Wildman–Crippen LogP) is 2.17. The molecule has 0 amide bonds. The standard InChI is InChI=1S/C14H24ClN3O2S/c1-4-16-21(19,20)17-11-14(18(5-2)6-3)12-7-9-13(15)10-8-12/h7-10,14,16-17H,4-6,11H2,1-3H3. The van der Waals surface area contributed by atoms with E-state index in [0.29, 0.717) is 18.1 Å². The van der Waals surface area contributed by atoms with Crippen molar-refractivity contribution >= 4 is 21.8 Å². The molecule has 2 N–H and O–H groups in total. The summed E-state index contributed by atoms with van der Waals surface area (Å²) in [7, 11) is -3.45. The Labute approximate surface area is 132 Å². The summed E-state index contributed by atoms with van der Waals surface area (Å²) in [4.78, 5) is 2.21. The minimum absolute atomic E-state index is 0.0225. The summed E-state index contributed by atoms with van der Waals surface area (Å²) in [5, 5.41) is 0.672. The average Bonchev–Trinajstić information content (AvgIpc) is 2.44. The molecular formula is C14H24ClN3O2S. The van der Waals surface area contributed by atoms with Gasteiger partial charge in [-0.3, -0.25) is 4.90 Å². The van der Waals surface area contributed by atoms with Crippen LogP contribution >= 0.6 is 11.6 Å². The highest BCUT2D eigenvalue weighted by Gasteiger charge is 2.20. The van der Waals surface area contributed by atoms with E-state index in [2.05, 4.69) is 28.2 Å². The first-order chi connectivity index (χ1) is 9.93. The molecule has 120 valence electrons. The Morgan fingerprint density at radius 3 is 2.14 bits per heavy atom. The van der Waals surface area contributed by atoms with E-state index >= 15 is 0 Å². The lowest BCUT2D eigenvalue weighted by Crippen LogP contribution is -2.42. The molecule has 0 aliphatic rings. The topological polar surface area (TPSA) is 61.4 Å². The van der Waals surface area contributed by atoms with Gasteiger partial charge >= 0.3 is 0 Å². The number of nitrogens with zero attached hydrogens (tertiary/aromatic N) is 1. The van der Waals surface area contributed by atoms with Crippen molar-refractivity contribution in [2.45, 2.75) is 26.8 Å². The number of nitrogens with one attached hydrogen (secondary N) is 2. The van der Waals surface area contributed by atoms with Gasteiger partial charge in [-0.15, -0.1) is 0 Å². The lowest BCUT2D eigenvalue weighted by molar-refractivity contribution is 0.220. The van der Waals surface area contributed by atoms with Crippen LogP contribution in [-0.2, 0) is 10.2 Å². The molecule has 0 heterocycles. The van der Waals surface area contributed by atoms with Crippen molar-refractivity contribution in [3.63, 3.8) is 0 Å². The summed E-state index contributed by atoms with van der Waals surface area (Å²) >= 11 is 5.92. The molecule has 1 unspecified atom stereocenters. The molecule has 0 radical (unpaired) electrons. The second-order valence-electron chi connectivity index (χ2n) is 4.64. The van der Waals surface area contributed by atoms with Crippen molar-refractivity contribution < 1.29 is 8.42 Å². The third-order valence-electron chi connectivity index (χ3n) is 3.31. The fourth-order valence-electron chi connectivity index (χ4n) is 2.24. The van der Waals surface area contributed by atoms with E-state index < -0.39 is 10.2 Å². The SMILES string of the molecule is CCNS(=O)(=O)NCC(c1ccc(Cl)cc1)N(CC)CC. The van der Waals surface area contributed by atoms with E-state index in [1.54, 1.807) is 6.92 Å². The molecule has 0 saturated carbocycles. The molecule has 0 aromatic heterocycles. The Kier molecular flexibility index (Phi) is 7.62. The van der Waals surface area contributed by atoms with Crippen molar-refractivity contribution in [3.8, 4) is 0 Å². The number of hydrogen-bond acceptors (Lipinski definition) is 3. The van der Waals surface area contributed by atoms with Gasteiger partial charge in [-0.2, -0.15) is 8.42 Å². The van der Waals surface area contributed by atoms with Crippen LogP contribution in [0.1, 0.15) is 32.4 Å². The van der Waals surface area contributed by atoms with Crippen molar-refractivity contribution in [1.29, 1.82) is 0 Å². The number of rotatable bonds is 9. The maximum atomic E-state index is 11.8. The number of halogens is 1. The minimum atomic E-state index is -3.45. The second-order valence-corrected chi connectivity index (χ2v) is 6.66. The molecule has 1 atom stereocenters. The zero-order chi connectivity index (χ0) is 15.9. The molecule has 1 aromatic carbocycles. The van der Waals surface area contributed by atoms with Crippen molar-refractivity contribution in [3.05, 3.63) is 34.9 Å². The Morgan fingerprint density at radius 2 is 1.67 bits per heavy atom. The van der Waals surface area contributed by atoms with Gasteiger partial charge in [-0.05, 0) is 30.8 Å². The zero-order valence-electron chi connectivity index (χ0n) is 12.8. The highest BCUT2D eigenvalue weighted by atomic mass is 35.5. The van der Waals surface area contributed by atoms with Crippen LogP contribution in [0.5, 0.6) is 0 Å². The van der Waals surface area contributed by atoms with Crippen LogP contribution < -0.4 is 9.44 Å². The van der Waals surface area contributed by atoms with Crippen molar-refractivity contribution in [2.24, 2.45) is 0 Å². The van der Waals surface area contributed by atoms with Gasteiger partial charge in [-0.25, -0.2) is 9.44 Å². The molecule has 5 nitrogen and oxygen atoms in total. The molecule has 21 heavy (non-hydrogen) atoms. The second kappa shape index (κ2) is 8.70. The Hall–Kier alpha value is -0.660. The molecule has 0 fully saturated rings. The predicted molar refractivity (Wildman–Crippen MR) is 87.7 cm³/mol. The quantitative estimate of drug-likeness (QED) is 0.728. The van der Waals surface area contributed by atoms with E-state index in [0.717, 1.165) is 18.7 Å². The zero-order valence-corrected chi connectivity index (χ0v) is 14.3. The molecule has 0 saturated heterocycles. The van der Waals surface area contributed by atoms with Gasteiger partial charge in [-0.1, -0.05) is 44.5 Å². The first-order valence-electron chi connectivity index (χ1n) is 7.17. The van der Waals surface area contributed by atoms with Crippen LogP contribution in [0.3, 0.4) is 0 Å². The molecule has 0 aliphatic carbocycles. The minimum Gasteiger partial charge on any atom is -0.296 e. The van der Waals surface area contributed by atoms with Gasteiger partial charge in [0.25, 0.3) is 10.2 Å². The lowest BCUT2D eigenvalue weighted by Gasteiger charge is -2.30. The van der Waals surface area contributed by atoms with E-state index in [4.69, 9.17) is 11.6 Å². The molecule has 0 aliphatic heterocycles. The largest absolute Gasteiger partial charge is 0.296 e. The monoisotopic (exact) mass is 333 g/mol. The van der Waals surface area contributed by atoms with Crippen LogP contribution in [0, 0.1) is 0 Å². The first-order valence-corrected chi connectivity index (χ1v) is 9.03. The summed E-state index contributed by atoms with van der Waals surface area (Å²) in [5.41, 5.74) is 1.04. The highest BCUT2D eigenvalue weighted by Crippen LogP contribution is 2.21. The number of benzene rings is 1. The molecule has 0 spiro atoms. The lowest BCUT2D eigenvalue weighted by atomic mass is 10.1. The van der Waals surface area contributed by atoms with Gasteiger partial charge < -0.3 is 0 Å². The van der Waals surface area contributed by atoms with E-state index in [1.165, 1.54) is 0 Å². The average molecular weight is 334 g/mol. The Morgan fingerprint density at radius 1 is 1.10 bits per heavy atom. The van der Waals surface area contributed by atoms with Crippen LogP contribution in [0.4, 0.5) is 0 Å². The fraction of sp³-hybridized carbons (Fsp3) is 0.571. The van der Waals surface area contributed by atoms with Gasteiger partial charge in [0.2, 0.25) is 0 Å². The Bertz CT molecular complexity index is 516. The third-order valence-corrected chi connectivity index (χ3v) is 4.78. The molecule has 0 bridgehead atoms. The van der Waals surface area contributed by atoms with Crippen molar-refractivity contribution in [2.75, 3.05) is 26.2 Å². The first kappa shape index (κ1) is 18.4. The number of likely N-dealkylation sites (N-methyl/N-ethyl adjacent to an activating group) is 1. The molecule has 1 rings (SSSR count). The van der Waals surface area contributed by atoms with Crippen molar-refractivity contribution in [1.82, 2.24) is 14.3 Å². The summed E-state index contributed by atoms with van der Waals surface area (Å²) in [6, 6.07) is 7.50. The summed E-state index contributed by atoms with van der Waals surface area (Å²) in [5.74, 6) is 0. The van der Waals surface area contributed by atoms with Crippen LogP contribution in [-0.4, -0.2) is 39.5 Å². The Balaban J connectivity index is 2.90. The van der Waals surface area contributed by atoms with E-state index in [9.17, 15) is 8.42 Å². The van der Waals surface area contributed by atoms with Gasteiger partial charge in [0.15, 0.2) is 0 Å². The van der Waals surface area contributed by atoms with Gasteiger partial charge in [0.05, 0.1) is 0 Å². The summed E-state index contributed by atoms with van der Waals surface area (Å²) < 4.78 is 28.6. The highest BCUT2D eigenvalue weighted by molar-refractivity contribution is 7.87. The third kappa shape index (κ3) is 5.92. The maximum Gasteiger partial charge on any atom is 0.276 e.